The summed E-state index contributed by atoms with van der Waals surface area (Å²) in [6, 6.07) is 20.5. The second-order valence-electron chi connectivity index (χ2n) is 7.07. The van der Waals surface area contributed by atoms with Gasteiger partial charge in [-0.15, -0.1) is 0 Å². The molecule has 1 fully saturated rings. The Kier molecular flexibility index (Phi) is 5.50. The first-order valence-corrected chi connectivity index (χ1v) is 10.4. The number of aliphatic hydroxyl groups excluding tert-OH is 1. The Morgan fingerprint density at radius 2 is 1.67 bits per heavy atom. The van der Waals surface area contributed by atoms with Gasteiger partial charge in [0.05, 0.1) is 11.6 Å². The number of rotatable bonds is 3. The normalized spacial score (nSPS) is 18.1. The first-order chi connectivity index (χ1) is 14.4. The SMILES string of the molecule is Cc1cccc(N2C(=O)C(=O)/C(=C(/O)c3ccc(Cl)cc3)C2c2ccc(Br)cc2)c1. The molecule has 1 unspecified atom stereocenters. The molecule has 6 heteroatoms. The summed E-state index contributed by atoms with van der Waals surface area (Å²) in [6.07, 6.45) is 0. The lowest BCUT2D eigenvalue weighted by Gasteiger charge is -2.25. The molecule has 4 rings (SSSR count). The number of ketones is 1. The third-order valence-electron chi connectivity index (χ3n) is 5.03. The van der Waals surface area contributed by atoms with Crippen molar-refractivity contribution < 1.29 is 14.7 Å². The minimum atomic E-state index is -0.754. The summed E-state index contributed by atoms with van der Waals surface area (Å²) >= 11 is 9.37. The van der Waals surface area contributed by atoms with Gasteiger partial charge in [0.1, 0.15) is 5.76 Å². The lowest BCUT2D eigenvalue weighted by atomic mass is 9.95. The summed E-state index contributed by atoms with van der Waals surface area (Å²) in [7, 11) is 0. The van der Waals surface area contributed by atoms with Gasteiger partial charge in [-0.25, -0.2) is 0 Å². The zero-order chi connectivity index (χ0) is 21.4. The van der Waals surface area contributed by atoms with E-state index in [1.165, 1.54) is 4.90 Å². The minimum absolute atomic E-state index is 0.0474. The highest BCUT2D eigenvalue weighted by Gasteiger charge is 2.46. The molecule has 150 valence electrons. The number of carbonyl (C=O) groups is 2. The van der Waals surface area contributed by atoms with Crippen molar-refractivity contribution in [2.75, 3.05) is 4.90 Å². The molecule has 1 heterocycles. The van der Waals surface area contributed by atoms with E-state index in [-0.39, 0.29) is 11.3 Å². The molecule has 0 spiro atoms. The number of halogens is 2. The van der Waals surface area contributed by atoms with Crippen LogP contribution in [0.2, 0.25) is 5.02 Å². The summed E-state index contributed by atoms with van der Waals surface area (Å²) in [5.74, 6) is -1.63. The number of Topliss-reactive ketones (excluding diaryl/α,β-unsaturated/α-hetero) is 1. The van der Waals surface area contributed by atoms with E-state index in [0.717, 1.165) is 15.6 Å². The fraction of sp³-hybridized carbons (Fsp3) is 0.0833. The van der Waals surface area contributed by atoms with Crippen LogP contribution in [0.15, 0.2) is 82.8 Å². The Labute approximate surface area is 187 Å². The molecular weight excluding hydrogens is 466 g/mol. The van der Waals surface area contributed by atoms with Crippen LogP contribution in [0.3, 0.4) is 0 Å². The van der Waals surface area contributed by atoms with E-state index >= 15 is 0 Å². The second-order valence-corrected chi connectivity index (χ2v) is 8.42. The largest absolute Gasteiger partial charge is 0.507 e. The predicted molar refractivity (Wildman–Crippen MR) is 122 cm³/mol. The maximum Gasteiger partial charge on any atom is 0.300 e. The minimum Gasteiger partial charge on any atom is -0.507 e. The zero-order valence-electron chi connectivity index (χ0n) is 16.0. The fourth-order valence-corrected chi connectivity index (χ4v) is 3.99. The Hall–Kier alpha value is -2.89. The van der Waals surface area contributed by atoms with E-state index < -0.39 is 17.7 Å². The average Bonchev–Trinajstić information content (AvgIpc) is 2.99. The van der Waals surface area contributed by atoms with Crippen LogP contribution in [0.1, 0.15) is 22.7 Å². The van der Waals surface area contributed by atoms with Crippen LogP contribution in [-0.4, -0.2) is 16.8 Å². The lowest BCUT2D eigenvalue weighted by Crippen LogP contribution is -2.29. The van der Waals surface area contributed by atoms with Gasteiger partial charge in [0.15, 0.2) is 0 Å². The second kappa shape index (κ2) is 8.09. The number of benzene rings is 3. The zero-order valence-corrected chi connectivity index (χ0v) is 18.3. The van der Waals surface area contributed by atoms with Crippen molar-refractivity contribution in [2.45, 2.75) is 13.0 Å². The molecule has 1 aliphatic rings. The van der Waals surface area contributed by atoms with Gasteiger partial charge in [0.2, 0.25) is 0 Å². The van der Waals surface area contributed by atoms with Gasteiger partial charge in [-0.2, -0.15) is 0 Å². The Morgan fingerprint density at radius 1 is 1.00 bits per heavy atom. The highest BCUT2D eigenvalue weighted by Crippen LogP contribution is 2.42. The van der Waals surface area contributed by atoms with E-state index in [1.54, 1.807) is 30.3 Å². The smallest absolute Gasteiger partial charge is 0.300 e. The van der Waals surface area contributed by atoms with E-state index in [0.29, 0.717) is 16.3 Å². The topological polar surface area (TPSA) is 57.6 Å². The Morgan fingerprint density at radius 3 is 2.30 bits per heavy atom. The molecule has 1 amide bonds. The van der Waals surface area contributed by atoms with Crippen molar-refractivity contribution in [2.24, 2.45) is 0 Å². The van der Waals surface area contributed by atoms with Crippen molar-refractivity contribution in [3.63, 3.8) is 0 Å². The first-order valence-electron chi connectivity index (χ1n) is 9.26. The molecule has 0 saturated carbocycles. The lowest BCUT2D eigenvalue weighted by molar-refractivity contribution is -0.132. The van der Waals surface area contributed by atoms with E-state index in [4.69, 9.17) is 11.6 Å². The Bertz CT molecular complexity index is 1170. The summed E-state index contributed by atoms with van der Waals surface area (Å²) in [6.45, 7) is 1.92. The van der Waals surface area contributed by atoms with E-state index in [2.05, 4.69) is 15.9 Å². The number of hydrogen-bond donors (Lipinski definition) is 1. The van der Waals surface area contributed by atoms with Crippen molar-refractivity contribution in [3.8, 4) is 0 Å². The van der Waals surface area contributed by atoms with Gasteiger partial charge in [-0.1, -0.05) is 51.8 Å². The monoisotopic (exact) mass is 481 g/mol. The number of anilines is 1. The summed E-state index contributed by atoms with van der Waals surface area (Å²) in [5, 5.41) is 11.5. The quantitative estimate of drug-likeness (QED) is 0.281. The summed E-state index contributed by atoms with van der Waals surface area (Å²) in [5.41, 5.74) is 2.74. The highest BCUT2D eigenvalue weighted by molar-refractivity contribution is 9.10. The van der Waals surface area contributed by atoms with Crippen LogP contribution >= 0.6 is 27.5 Å². The van der Waals surface area contributed by atoms with Gasteiger partial charge >= 0.3 is 0 Å². The number of amides is 1. The molecule has 0 aromatic heterocycles. The molecule has 1 saturated heterocycles. The van der Waals surface area contributed by atoms with Crippen LogP contribution in [0.5, 0.6) is 0 Å². The van der Waals surface area contributed by atoms with Crippen LogP contribution in [0, 0.1) is 6.92 Å². The van der Waals surface area contributed by atoms with E-state index in [1.807, 2.05) is 49.4 Å². The molecule has 3 aromatic rings. The number of hydrogen-bond acceptors (Lipinski definition) is 3. The first kappa shape index (κ1) is 20.4. The Balaban J connectivity index is 1.95. The molecule has 0 bridgehead atoms. The van der Waals surface area contributed by atoms with Gasteiger partial charge in [0.25, 0.3) is 11.7 Å². The summed E-state index contributed by atoms with van der Waals surface area (Å²) < 4.78 is 0.872. The number of nitrogens with zero attached hydrogens (tertiary/aromatic N) is 1. The molecule has 0 aliphatic carbocycles. The fourth-order valence-electron chi connectivity index (χ4n) is 3.60. The number of aryl methyl sites for hydroxylation is 1. The number of carbonyl (C=O) groups excluding carboxylic acids is 2. The van der Waals surface area contributed by atoms with Gasteiger partial charge in [0, 0.05) is 20.7 Å². The van der Waals surface area contributed by atoms with Crippen LogP contribution in [0.4, 0.5) is 5.69 Å². The molecule has 1 N–H and O–H groups in total. The van der Waals surface area contributed by atoms with Crippen LogP contribution in [0.25, 0.3) is 5.76 Å². The number of aliphatic hydroxyl groups is 1. The third-order valence-corrected chi connectivity index (χ3v) is 5.81. The van der Waals surface area contributed by atoms with Crippen molar-refractivity contribution in [3.05, 3.63) is 105 Å². The molecule has 30 heavy (non-hydrogen) atoms. The third kappa shape index (κ3) is 3.66. The summed E-state index contributed by atoms with van der Waals surface area (Å²) in [4.78, 5) is 27.6. The van der Waals surface area contributed by atoms with Crippen molar-refractivity contribution in [1.82, 2.24) is 0 Å². The average molecular weight is 483 g/mol. The van der Waals surface area contributed by atoms with Crippen molar-refractivity contribution in [1.29, 1.82) is 0 Å². The standard InChI is InChI=1S/C24H17BrClNO3/c1-14-3-2-4-19(13-14)27-21(15-5-9-17(25)10-6-15)20(23(29)24(27)30)22(28)16-7-11-18(26)12-8-16/h2-13,21,28H,1H3/b22-20+. The van der Waals surface area contributed by atoms with Crippen LogP contribution in [-0.2, 0) is 9.59 Å². The molecule has 0 radical (unpaired) electrons. The molecule has 4 nitrogen and oxygen atoms in total. The van der Waals surface area contributed by atoms with Crippen molar-refractivity contribution >= 4 is 50.7 Å². The van der Waals surface area contributed by atoms with Gasteiger partial charge in [-0.3, -0.25) is 14.5 Å². The molecule has 1 aliphatic heterocycles. The highest BCUT2D eigenvalue weighted by atomic mass is 79.9. The maximum atomic E-state index is 13.1. The maximum absolute atomic E-state index is 13.1. The predicted octanol–water partition coefficient (Wildman–Crippen LogP) is 6.04. The van der Waals surface area contributed by atoms with E-state index in [9.17, 15) is 14.7 Å². The van der Waals surface area contributed by atoms with Gasteiger partial charge < -0.3 is 5.11 Å². The van der Waals surface area contributed by atoms with Crippen LogP contribution < -0.4 is 4.90 Å². The molecular formula is C24H17BrClNO3. The molecule has 3 aromatic carbocycles. The molecule has 1 atom stereocenters. The van der Waals surface area contributed by atoms with Gasteiger partial charge in [-0.05, 0) is 66.6 Å².